The minimum atomic E-state index is -0.996. The predicted molar refractivity (Wildman–Crippen MR) is 67.4 cm³/mol. The molecule has 1 atom stereocenters. The van der Waals surface area contributed by atoms with Crippen LogP contribution in [0.25, 0.3) is 0 Å². The molecule has 0 saturated carbocycles. The van der Waals surface area contributed by atoms with Crippen LogP contribution in [0.1, 0.15) is 22.2 Å². The van der Waals surface area contributed by atoms with Gasteiger partial charge in [-0.25, -0.2) is 4.39 Å². The number of hydrogen-bond donors (Lipinski definition) is 2. The van der Waals surface area contributed by atoms with Gasteiger partial charge in [0, 0.05) is 0 Å². The number of amides is 1. The van der Waals surface area contributed by atoms with Gasteiger partial charge in [0.1, 0.15) is 17.7 Å². The van der Waals surface area contributed by atoms with Gasteiger partial charge in [-0.2, -0.15) is 0 Å². The Balaban J connectivity index is 2.02. The molecule has 2 rings (SSSR count). The summed E-state index contributed by atoms with van der Waals surface area (Å²) in [6, 6.07) is 7.17. The molecule has 100 valence electrons. The molecular formula is C13H11ClFNO3. The van der Waals surface area contributed by atoms with Crippen molar-refractivity contribution in [2.75, 3.05) is 6.54 Å². The van der Waals surface area contributed by atoms with Crippen molar-refractivity contribution in [1.82, 2.24) is 5.32 Å². The molecule has 2 aromatic rings. The van der Waals surface area contributed by atoms with Crippen molar-refractivity contribution in [3.05, 3.63) is 58.8 Å². The average Bonchev–Trinajstić information content (AvgIpc) is 2.89. The first-order chi connectivity index (χ1) is 9.09. The maximum Gasteiger partial charge on any atom is 0.255 e. The van der Waals surface area contributed by atoms with Crippen molar-refractivity contribution < 1.29 is 18.7 Å². The minimum absolute atomic E-state index is 0.0185. The van der Waals surface area contributed by atoms with E-state index in [0.717, 1.165) is 6.07 Å². The summed E-state index contributed by atoms with van der Waals surface area (Å²) >= 11 is 5.76. The molecule has 0 saturated heterocycles. The van der Waals surface area contributed by atoms with E-state index in [1.807, 2.05) is 0 Å². The standard InChI is InChI=1S/C13H11ClFNO3/c14-8-3-1-4-9(15)12(8)13(18)16-7-10(17)11-5-2-6-19-11/h1-6,10,17H,7H2,(H,16,18)/t10-/m0/s1. The maximum absolute atomic E-state index is 13.5. The number of rotatable bonds is 4. The van der Waals surface area contributed by atoms with Crippen molar-refractivity contribution in [2.24, 2.45) is 0 Å². The second-order valence-electron chi connectivity index (χ2n) is 3.84. The summed E-state index contributed by atoms with van der Waals surface area (Å²) in [6.07, 6.45) is 0.415. The number of carbonyl (C=O) groups is 1. The first-order valence-corrected chi connectivity index (χ1v) is 5.91. The topological polar surface area (TPSA) is 62.5 Å². The minimum Gasteiger partial charge on any atom is -0.467 e. The van der Waals surface area contributed by atoms with Crippen LogP contribution in [0, 0.1) is 5.82 Å². The van der Waals surface area contributed by atoms with E-state index >= 15 is 0 Å². The van der Waals surface area contributed by atoms with Crippen molar-refractivity contribution in [3.63, 3.8) is 0 Å². The Bertz CT molecular complexity index is 551. The summed E-state index contributed by atoms with van der Waals surface area (Å²) in [5.41, 5.74) is -0.240. The van der Waals surface area contributed by atoms with Crippen LogP contribution < -0.4 is 5.32 Å². The lowest BCUT2D eigenvalue weighted by Gasteiger charge is -2.10. The highest BCUT2D eigenvalue weighted by Crippen LogP contribution is 2.19. The first-order valence-electron chi connectivity index (χ1n) is 5.53. The van der Waals surface area contributed by atoms with E-state index in [2.05, 4.69) is 5.32 Å². The van der Waals surface area contributed by atoms with Gasteiger partial charge in [0.05, 0.1) is 23.4 Å². The fourth-order valence-electron chi connectivity index (χ4n) is 1.57. The number of benzene rings is 1. The lowest BCUT2D eigenvalue weighted by Crippen LogP contribution is -2.29. The molecule has 19 heavy (non-hydrogen) atoms. The molecule has 4 nitrogen and oxygen atoms in total. The predicted octanol–water partition coefficient (Wildman–Crippen LogP) is 2.54. The lowest BCUT2D eigenvalue weighted by molar-refractivity contribution is 0.0897. The van der Waals surface area contributed by atoms with Crippen LogP contribution in [0.15, 0.2) is 41.0 Å². The Morgan fingerprint density at radius 1 is 1.42 bits per heavy atom. The third kappa shape index (κ3) is 3.13. The summed E-state index contributed by atoms with van der Waals surface area (Å²) in [5.74, 6) is -1.08. The number of carbonyl (C=O) groups excluding carboxylic acids is 1. The van der Waals surface area contributed by atoms with Gasteiger partial charge in [-0.15, -0.1) is 0 Å². The SMILES string of the molecule is O=C(NC[C@H](O)c1ccco1)c1c(F)cccc1Cl. The van der Waals surface area contributed by atoms with Gasteiger partial charge in [0.25, 0.3) is 5.91 Å². The Morgan fingerprint density at radius 3 is 2.84 bits per heavy atom. The monoisotopic (exact) mass is 283 g/mol. The molecule has 2 N–H and O–H groups in total. The van der Waals surface area contributed by atoms with Crippen LogP contribution in [0.2, 0.25) is 5.02 Å². The van der Waals surface area contributed by atoms with Gasteiger partial charge in [-0.3, -0.25) is 4.79 Å². The third-order valence-electron chi connectivity index (χ3n) is 2.52. The van der Waals surface area contributed by atoms with Crippen molar-refractivity contribution in [2.45, 2.75) is 6.10 Å². The summed E-state index contributed by atoms with van der Waals surface area (Å²) in [5, 5.41) is 12.1. The largest absolute Gasteiger partial charge is 0.467 e. The average molecular weight is 284 g/mol. The van der Waals surface area contributed by atoms with E-state index in [-0.39, 0.29) is 17.1 Å². The molecule has 0 aliphatic heterocycles. The van der Waals surface area contributed by atoms with Crippen molar-refractivity contribution in [1.29, 1.82) is 0 Å². The number of nitrogens with one attached hydrogen (secondary N) is 1. The molecule has 0 radical (unpaired) electrons. The highest BCUT2D eigenvalue weighted by atomic mass is 35.5. The fraction of sp³-hybridized carbons (Fsp3) is 0.154. The van der Waals surface area contributed by atoms with Gasteiger partial charge in [0.15, 0.2) is 0 Å². The van der Waals surface area contributed by atoms with Crippen molar-refractivity contribution >= 4 is 17.5 Å². The van der Waals surface area contributed by atoms with Gasteiger partial charge < -0.3 is 14.8 Å². The molecule has 0 unspecified atom stereocenters. The van der Waals surface area contributed by atoms with Crippen LogP contribution in [0.5, 0.6) is 0 Å². The fourth-order valence-corrected chi connectivity index (χ4v) is 1.82. The molecule has 0 bridgehead atoms. The molecule has 1 aromatic carbocycles. The number of halogens is 2. The summed E-state index contributed by atoms with van der Waals surface area (Å²) in [7, 11) is 0. The second kappa shape index (κ2) is 5.86. The van der Waals surface area contributed by atoms with E-state index in [9.17, 15) is 14.3 Å². The second-order valence-corrected chi connectivity index (χ2v) is 4.25. The van der Waals surface area contributed by atoms with Gasteiger partial charge in [-0.05, 0) is 24.3 Å². The van der Waals surface area contributed by atoms with Crippen LogP contribution >= 0.6 is 11.6 Å². The van der Waals surface area contributed by atoms with Gasteiger partial charge in [-0.1, -0.05) is 17.7 Å². The molecular weight excluding hydrogens is 273 g/mol. The lowest BCUT2D eigenvalue weighted by atomic mass is 10.2. The van der Waals surface area contributed by atoms with Crippen LogP contribution in [-0.4, -0.2) is 17.6 Å². The number of hydrogen-bond acceptors (Lipinski definition) is 3. The zero-order valence-electron chi connectivity index (χ0n) is 9.77. The summed E-state index contributed by atoms with van der Waals surface area (Å²) < 4.78 is 18.5. The van der Waals surface area contributed by atoms with Crippen molar-refractivity contribution in [3.8, 4) is 0 Å². The zero-order chi connectivity index (χ0) is 13.8. The van der Waals surface area contributed by atoms with Crippen LogP contribution in [-0.2, 0) is 0 Å². The Morgan fingerprint density at radius 2 is 2.21 bits per heavy atom. The molecule has 6 heteroatoms. The maximum atomic E-state index is 13.5. The zero-order valence-corrected chi connectivity index (χ0v) is 10.5. The van der Waals surface area contributed by atoms with E-state index in [1.165, 1.54) is 18.4 Å². The summed E-state index contributed by atoms with van der Waals surface area (Å²) in [6.45, 7) is -0.100. The molecule has 0 aliphatic rings. The molecule has 1 heterocycles. The highest BCUT2D eigenvalue weighted by molar-refractivity contribution is 6.33. The molecule has 0 spiro atoms. The Labute approximate surface area is 113 Å². The van der Waals surface area contributed by atoms with E-state index in [4.69, 9.17) is 16.0 Å². The number of aliphatic hydroxyl groups is 1. The van der Waals surface area contributed by atoms with E-state index in [1.54, 1.807) is 12.1 Å². The molecule has 1 amide bonds. The number of furan rings is 1. The van der Waals surface area contributed by atoms with Gasteiger partial charge in [0.2, 0.25) is 0 Å². The first kappa shape index (κ1) is 13.6. The van der Waals surface area contributed by atoms with Gasteiger partial charge >= 0.3 is 0 Å². The smallest absolute Gasteiger partial charge is 0.255 e. The van der Waals surface area contributed by atoms with Crippen LogP contribution in [0.4, 0.5) is 4.39 Å². The third-order valence-corrected chi connectivity index (χ3v) is 2.83. The quantitative estimate of drug-likeness (QED) is 0.906. The Hall–Kier alpha value is -1.85. The Kier molecular flexibility index (Phi) is 4.19. The normalized spacial score (nSPS) is 12.2. The number of aliphatic hydroxyl groups excluding tert-OH is 1. The molecule has 0 aliphatic carbocycles. The van der Waals surface area contributed by atoms with E-state index < -0.39 is 17.8 Å². The highest BCUT2D eigenvalue weighted by Gasteiger charge is 2.17. The molecule has 1 aromatic heterocycles. The summed E-state index contributed by atoms with van der Waals surface area (Å²) in [4.78, 5) is 11.8. The van der Waals surface area contributed by atoms with Crippen LogP contribution in [0.3, 0.4) is 0 Å². The molecule has 0 fully saturated rings. The van der Waals surface area contributed by atoms with E-state index in [0.29, 0.717) is 5.76 Å².